The Morgan fingerprint density at radius 1 is 1.22 bits per heavy atom. The number of hydrogen-bond donors (Lipinski definition) is 1. The molecule has 0 aliphatic carbocycles. The number of anilines is 2. The van der Waals surface area contributed by atoms with E-state index in [1.807, 2.05) is 0 Å². The summed E-state index contributed by atoms with van der Waals surface area (Å²) in [6.45, 7) is -0.191. The molecule has 1 atom stereocenters. The zero-order valence-corrected chi connectivity index (χ0v) is 12.0. The van der Waals surface area contributed by atoms with Gasteiger partial charge in [-0.3, -0.25) is 9.69 Å². The minimum atomic E-state index is -1.18. The average Bonchev–Trinajstić information content (AvgIpc) is 2.92. The Balaban J connectivity index is 1.91. The van der Waals surface area contributed by atoms with Crippen LogP contribution in [-0.4, -0.2) is 42.8 Å². The number of nitrogens with zero attached hydrogens (tertiary/aromatic N) is 2. The van der Waals surface area contributed by atoms with Crippen molar-refractivity contribution in [2.24, 2.45) is 0 Å². The van der Waals surface area contributed by atoms with Crippen molar-refractivity contribution in [2.75, 3.05) is 29.5 Å². The number of rotatable bonds is 3. The molecule has 1 aromatic rings. The van der Waals surface area contributed by atoms with Crippen molar-refractivity contribution >= 4 is 23.3 Å². The van der Waals surface area contributed by atoms with Crippen LogP contribution >= 0.6 is 0 Å². The molecule has 1 aromatic carbocycles. The maximum absolute atomic E-state index is 14.3. The van der Waals surface area contributed by atoms with Crippen molar-refractivity contribution < 1.29 is 28.2 Å². The first kappa shape index (κ1) is 15.4. The average molecular weight is 324 g/mol. The summed E-state index contributed by atoms with van der Waals surface area (Å²) in [4.78, 5) is 25.2. The monoisotopic (exact) mass is 324 g/mol. The highest BCUT2D eigenvalue weighted by Crippen LogP contribution is 2.32. The number of ketones is 1. The van der Waals surface area contributed by atoms with Gasteiger partial charge in [0.2, 0.25) is 0 Å². The number of allylic oxidation sites excluding steroid dienone is 1. The first-order valence-electron chi connectivity index (χ1n) is 7.06. The number of aliphatic hydroxyl groups is 1. The smallest absolute Gasteiger partial charge is 0.414 e. The summed E-state index contributed by atoms with van der Waals surface area (Å²) in [6.07, 6.45) is 1.32. The Labute approximate surface area is 130 Å². The lowest BCUT2D eigenvalue weighted by atomic mass is 10.1. The van der Waals surface area contributed by atoms with E-state index in [0.717, 1.165) is 4.90 Å². The van der Waals surface area contributed by atoms with Gasteiger partial charge in [-0.15, -0.1) is 0 Å². The highest BCUT2D eigenvalue weighted by Gasteiger charge is 2.34. The number of hydrogen-bond acceptors (Lipinski definition) is 5. The topological polar surface area (TPSA) is 70.1 Å². The molecule has 0 bridgehead atoms. The Morgan fingerprint density at radius 3 is 2.52 bits per heavy atom. The van der Waals surface area contributed by atoms with E-state index in [9.17, 15) is 18.4 Å². The number of carbonyl (C=O) groups is 2. The molecule has 0 radical (unpaired) electrons. The molecule has 0 saturated carbocycles. The number of cyclic esters (lactones) is 1. The van der Waals surface area contributed by atoms with Gasteiger partial charge in [0.1, 0.15) is 6.10 Å². The van der Waals surface area contributed by atoms with Crippen LogP contribution in [0.3, 0.4) is 0 Å². The minimum Gasteiger partial charge on any atom is -0.441 e. The van der Waals surface area contributed by atoms with Crippen LogP contribution in [0.4, 0.5) is 25.0 Å². The molecule has 1 unspecified atom stereocenters. The summed E-state index contributed by atoms with van der Waals surface area (Å²) in [5.74, 6) is -2.36. The summed E-state index contributed by atoms with van der Waals surface area (Å²) < 4.78 is 33.5. The SMILES string of the molecule is O=C1C=CN(c2ccc(N3CC(CO)OC3=O)c(F)c2F)CC1. The summed E-state index contributed by atoms with van der Waals surface area (Å²) in [5.41, 5.74) is -0.259. The lowest BCUT2D eigenvalue weighted by Crippen LogP contribution is -2.28. The standard InChI is InChI=1S/C15H14F2N2O4/c16-13-11(18-5-3-9(21)4-6-18)1-2-12(14(13)17)19-7-10(8-20)23-15(19)22/h1-3,5,10,20H,4,6-8H2. The molecule has 6 nitrogen and oxygen atoms in total. The zero-order chi connectivity index (χ0) is 16.6. The number of ether oxygens (including phenoxy) is 1. The third-order valence-electron chi connectivity index (χ3n) is 3.76. The Hall–Kier alpha value is -2.48. The van der Waals surface area contributed by atoms with E-state index in [1.54, 1.807) is 0 Å². The van der Waals surface area contributed by atoms with Crippen LogP contribution < -0.4 is 9.80 Å². The molecule has 0 spiro atoms. The van der Waals surface area contributed by atoms with Crippen LogP contribution in [0.15, 0.2) is 24.4 Å². The number of carbonyl (C=O) groups excluding carboxylic acids is 2. The highest BCUT2D eigenvalue weighted by molar-refractivity contribution is 5.92. The first-order valence-corrected chi connectivity index (χ1v) is 7.06. The molecule has 1 N–H and O–H groups in total. The second-order valence-corrected chi connectivity index (χ2v) is 5.26. The molecular weight excluding hydrogens is 310 g/mol. The summed E-state index contributed by atoms with van der Waals surface area (Å²) in [6, 6.07) is 2.62. The predicted octanol–water partition coefficient (Wildman–Crippen LogP) is 1.58. The summed E-state index contributed by atoms with van der Waals surface area (Å²) >= 11 is 0. The van der Waals surface area contributed by atoms with Gasteiger partial charge in [-0.1, -0.05) is 0 Å². The van der Waals surface area contributed by atoms with Gasteiger partial charge in [-0.25, -0.2) is 13.6 Å². The molecule has 1 fully saturated rings. The van der Waals surface area contributed by atoms with E-state index < -0.39 is 30.4 Å². The van der Waals surface area contributed by atoms with Gasteiger partial charge in [0.05, 0.1) is 24.5 Å². The number of aliphatic hydroxyl groups excluding tert-OH is 1. The minimum absolute atomic E-state index is 0.0127. The van der Waals surface area contributed by atoms with Crippen molar-refractivity contribution in [3.05, 3.63) is 36.0 Å². The molecule has 1 amide bonds. The molecule has 0 aromatic heterocycles. The second kappa shape index (κ2) is 5.96. The Bertz CT molecular complexity index is 692. The highest BCUT2D eigenvalue weighted by atomic mass is 19.2. The molecule has 122 valence electrons. The Kier molecular flexibility index (Phi) is 3.99. The quantitative estimate of drug-likeness (QED) is 0.914. The van der Waals surface area contributed by atoms with Gasteiger partial charge >= 0.3 is 6.09 Å². The van der Waals surface area contributed by atoms with Crippen LogP contribution in [0.1, 0.15) is 6.42 Å². The molecule has 2 heterocycles. The number of halogens is 2. The van der Waals surface area contributed by atoms with E-state index in [-0.39, 0.29) is 36.7 Å². The fourth-order valence-electron chi connectivity index (χ4n) is 2.54. The normalized spacial score (nSPS) is 21.1. The Morgan fingerprint density at radius 2 is 1.91 bits per heavy atom. The van der Waals surface area contributed by atoms with Crippen molar-refractivity contribution in [1.29, 1.82) is 0 Å². The van der Waals surface area contributed by atoms with Crippen LogP contribution in [0, 0.1) is 11.6 Å². The van der Waals surface area contributed by atoms with Crippen LogP contribution in [0.2, 0.25) is 0 Å². The van der Waals surface area contributed by atoms with Crippen molar-refractivity contribution in [1.82, 2.24) is 0 Å². The van der Waals surface area contributed by atoms with Crippen LogP contribution in [0.25, 0.3) is 0 Å². The van der Waals surface area contributed by atoms with Gasteiger partial charge < -0.3 is 14.7 Å². The van der Waals surface area contributed by atoms with Crippen LogP contribution in [0.5, 0.6) is 0 Å². The molecule has 8 heteroatoms. The third kappa shape index (κ3) is 2.77. The van der Waals surface area contributed by atoms with E-state index in [0.29, 0.717) is 0 Å². The molecule has 3 rings (SSSR count). The first-order chi connectivity index (χ1) is 11.0. The number of amides is 1. The van der Waals surface area contributed by atoms with Gasteiger partial charge in [0.15, 0.2) is 17.4 Å². The molecule has 23 heavy (non-hydrogen) atoms. The largest absolute Gasteiger partial charge is 0.441 e. The van der Waals surface area contributed by atoms with Gasteiger partial charge in [-0.2, -0.15) is 0 Å². The zero-order valence-electron chi connectivity index (χ0n) is 12.0. The molecule has 2 aliphatic rings. The lowest BCUT2D eigenvalue weighted by Gasteiger charge is -2.24. The number of benzene rings is 1. The van der Waals surface area contributed by atoms with Gasteiger partial charge in [-0.05, 0) is 18.2 Å². The second-order valence-electron chi connectivity index (χ2n) is 5.26. The van der Waals surface area contributed by atoms with Gasteiger partial charge in [0.25, 0.3) is 0 Å². The van der Waals surface area contributed by atoms with E-state index in [1.165, 1.54) is 29.3 Å². The maximum Gasteiger partial charge on any atom is 0.414 e. The summed E-state index contributed by atoms with van der Waals surface area (Å²) in [7, 11) is 0. The van der Waals surface area contributed by atoms with Crippen molar-refractivity contribution in [3.8, 4) is 0 Å². The summed E-state index contributed by atoms with van der Waals surface area (Å²) in [5, 5.41) is 8.99. The molecular formula is C15H14F2N2O4. The van der Waals surface area contributed by atoms with Crippen molar-refractivity contribution in [3.63, 3.8) is 0 Å². The van der Waals surface area contributed by atoms with E-state index in [2.05, 4.69) is 0 Å². The molecule has 1 saturated heterocycles. The van der Waals surface area contributed by atoms with Crippen molar-refractivity contribution in [2.45, 2.75) is 12.5 Å². The van der Waals surface area contributed by atoms with E-state index in [4.69, 9.17) is 9.84 Å². The van der Waals surface area contributed by atoms with Crippen LogP contribution in [-0.2, 0) is 9.53 Å². The lowest BCUT2D eigenvalue weighted by molar-refractivity contribution is -0.114. The fraction of sp³-hybridized carbons (Fsp3) is 0.333. The third-order valence-corrected chi connectivity index (χ3v) is 3.76. The maximum atomic E-state index is 14.3. The van der Waals surface area contributed by atoms with Gasteiger partial charge in [0, 0.05) is 19.2 Å². The fourth-order valence-corrected chi connectivity index (χ4v) is 2.54. The van der Waals surface area contributed by atoms with E-state index >= 15 is 0 Å². The molecule has 2 aliphatic heterocycles. The predicted molar refractivity (Wildman–Crippen MR) is 77.2 cm³/mol.